The van der Waals surface area contributed by atoms with Crippen LogP contribution in [-0.2, 0) is 13.1 Å². The number of amides is 2. The van der Waals surface area contributed by atoms with Gasteiger partial charge in [-0.3, -0.25) is 23.9 Å². The average molecular weight is 354 g/mol. The maximum absolute atomic E-state index is 12.0. The van der Waals surface area contributed by atoms with E-state index in [-0.39, 0.29) is 11.8 Å². The maximum atomic E-state index is 12.0. The van der Waals surface area contributed by atoms with Crippen molar-refractivity contribution in [1.82, 2.24) is 34.9 Å². The number of benzene rings is 1. The lowest BCUT2D eigenvalue weighted by molar-refractivity contribution is 0.0647. The van der Waals surface area contributed by atoms with Gasteiger partial charge in [0.15, 0.2) is 0 Å². The smallest absolute Gasteiger partial charge is 0.261 e. The van der Waals surface area contributed by atoms with Gasteiger partial charge in [0.1, 0.15) is 0 Å². The van der Waals surface area contributed by atoms with Crippen LogP contribution >= 0.6 is 0 Å². The summed E-state index contributed by atoms with van der Waals surface area (Å²) in [7, 11) is 0. The lowest BCUT2D eigenvalue weighted by Gasteiger charge is -2.12. The SMILES string of the molecule is NCCn1ccnn1.O=C1c2ccccc2C(=O)N1CCn1ccnn1. The summed E-state index contributed by atoms with van der Waals surface area (Å²) in [5.41, 5.74) is 6.18. The lowest BCUT2D eigenvalue weighted by atomic mass is 10.1. The number of nitrogens with two attached hydrogens (primary N) is 1. The van der Waals surface area contributed by atoms with E-state index in [1.165, 1.54) is 4.90 Å². The molecule has 10 heteroatoms. The van der Waals surface area contributed by atoms with Crippen LogP contribution in [-0.4, -0.2) is 59.8 Å². The summed E-state index contributed by atoms with van der Waals surface area (Å²) in [4.78, 5) is 25.3. The van der Waals surface area contributed by atoms with Gasteiger partial charge in [-0.15, -0.1) is 10.2 Å². The van der Waals surface area contributed by atoms with Gasteiger partial charge in [0.2, 0.25) is 0 Å². The molecule has 0 fully saturated rings. The van der Waals surface area contributed by atoms with Crippen molar-refractivity contribution in [2.45, 2.75) is 13.1 Å². The van der Waals surface area contributed by atoms with Gasteiger partial charge in [0.05, 0.1) is 36.6 Å². The number of hydrogen-bond donors (Lipinski definition) is 1. The van der Waals surface area contributed by atoms with E-state index in [1.807, 2.05) is 0 Å². The second kappa shape index (κ2) is 8.12. The Labute approximate surface area is 149 Å². The Morgan fingerprint density at radius 3 is 1.81 bits per heavy atom. The average Bonchev–Trinajstić information content (AvgIpc) is 3.39. The minimum Gasteiger partial charge on any atom is -0.329 e. The molecule has 10 nitrogen and oxygen atoms in total. The fourth-order valence-electron chi connectivity index (χ4n) is 2.48. The largest absolute Gasteiger partial charge is 0.329 e. The highest BCUT2D eigenvalue weighted by Crippen LogP contribution is 2.21. The molecule has 2 amide bonds. The Kier molecular flexibility index (Phi) is 5.44. The number of hydrogen-bond acceptors (Lipinski definition) is 7. The minimum atomic E-state index is -0.240. The van der Waals surface area contributed by atoms with E-state index in [1.54, 1.807) is 58.4 Å². The molecule has 26 heavy (non-hydrogen) atoms. The van der Waals surface area contributed by atoms with Gasteiger partial charge in [0.25, 0.3) is 11.8 Å². The molecule has 1 aliphatic rings. The molecule has 0 saturated heterocycles. The molecule has 0 bridgehead atoms. The highest BCUT2D eigenvalue weighted by Gasteiger charge is 2.34. The van der Waals surface area contributed by atoms with Gasteiger partial charge in [-0.25, -0.2) is 0 Å². The van der Waals surface area contributed by atoms with E-state index in [4.69, 9.17) is 5.73 Å². The molecule has 4 rings (SSSR count). The van der Waals surface area contributed by atoms with Crippen LogP contribution in [0.15, 0.2) is 49.1 Å². The fraction of sp³-hybridized carbons (Fsp3) is 0.250. The Hall–Kier alpha value is -3.40. The highest BCUT2D eigenvalue weighted by molar-refractivity contribution is 6.21. The van der Waals surface area contributed by atoms with Gasteiger partial charge >= 0.3 is 0 Å². The zero-order valence-corrected chi connectivity index (χ0v) is 14.0. The summed E-state index contributed by atoms with van der Waals surface area (Å²) in [6, 6.07) is 6.85. The number of carbonyl (C=O) groups is 2. The second-order valence-corrected chi connectivity index (χ2v) is 5.43. The topological polar surface area (TPSA) is 125 Å². The molecule has 2 aromatic heterocycles. The van der Waals surface area contributed by atoms with Crippen molar-refractivity contribution in [1.29, 1.82) is 0 Å². The van der Waals surface area contributed by atoms with Gasteiger partial charge in [-0.2, -0.15) is 0 Å². The Morgan fingerprint density at radius 1 is 0.808 bits per heavy atom. The van der Waals surface area contributed by atoms with Crippen molar-refractivity contribution in [2.24, 2.45) is 5.73 Å². The predicted octanol–water partition coefficient (Wildman–Crippen LogP) is -0.189. The third kappa shape index (κ3) is 3.81. The number of nitrogens with zero attached hydrogens (tertiary/aromatic N) is 7. The molecule has 0 spiro atoms. The monoisotopic (exact) mass is 354 g/mol. The third-order valence-corrected chi connectivity index (χ3v) is 3.73. The van der Waals surface area contributed by atoms with Crippen LogP contribution in [0, 0.1) is 0 Å². The first kappa shape index (κ1) is 17.4. The van der Waals surface area contributed by atoms with Crippen LogP contribution in [0.5, 0.6) is 0 Å². The quantitative estimate of drug-likeness (QED) is 0.630. The molecule has 1 aliphatic heterocycles. The maximum Gasteiger partial charge on any atom is 0.261 e. The van der Waals surface area contributed by atoms with Crippen molar-refractivity contribution in [3.63, 3.8) is 0 Å². The molecule has 0 saturated carbocycles. The van der Waals surface area contributed by atoms with Crippen LogP contribution in [0.25, 0.3) is 0 Å². The number of aromatic nitrogens is 6. The highest BCUT2D eigenvalue weighted by atomic mass is 16.2. The van der Waals surface area contributed by atoms with Gasteiger partial charge in [-0.1, -0.05) is 22.6 Å². The molecule has 2 N–H and O–H groups in total. The molecular weight excluding hydrogens is 336 g/mol. The van der Waals surface area contributed by atoms with E-state index in [0.29, 0.717) is 30.8 Å². The number of fused-ring (bicyclic) bond motifs is 1. The zero-order chi connectivity index (χ0) is 18.4. The van der Waals surface area contributed by atoms with Crippen molar-refractivity contribution >= 4 is 11.8 Å². The van der Waals surface area contributed by atoms with Crippen molar-refractivity contribution in [3.05, 3.63) is 60.2 Å². The summed E-state index contributed by atoms with van der Waals surface area (Å²) < 4.78 is 3.28. The summed E-state index contributed by atoms with van der Waals surface area (Å²) in [5.74, 6) is -0.480. The van der Waals surface area contributed by atoms with Crippen LogP contribution in [0.3, 0.4) is 0 Å². The van der Waals surface area contributed by atoms with Crippen LogP contribution < -0.4 is 5.73 Å². The first-order chi connectivity index (χ1) is 12.7. The molecule has 0 aliphatic carbocycles. The summed E-state index contributed by atoms with van der Waals surface area (Å²) in [6.45, 7) is 2.12. The van der Waals surface area contributed by atoms with Crippen molar-refractivity contribution < 1.29 is 9.59 Å². The number of carbonyl (C=O) groups excluding carboxylic acids is 2. The number of imide groups is 1. The number of rotatable bonds is 5. The van der Waals surface area contributed by atoms with Crippen LogP contribution in [0.1, 0.15) is 20.7 Å². The van der Waals surface area contributed by atoms with Gasteiger partial charge in [-0.05, 0) is 12.1 Å². The first-order valence-corrected chi connectivity index (χ1v) is 8.04. The Bertz CT molecular complexity index is 825. The van der Waals surface area contributed by atoms with Crippen LogP contribution in [0.4, 0.5) is 0 Å². The summed E-state index contributed by atoms with van der Waals surface area (Å²) >= 11 is 0. The Balaban J connectivity index is 0.000000206. The van der Waals surface area contributed by atoms with Gasteiger partial charge < -0.3 is 5.73 Å². The minimum absolute atomic E-state index is 0.240. The molecule has 0 atom stereocenters. The van der Waals surface area contributed by atoms with E-state index in [2.05, 4.69) is 20.6 Å². The molecular formula is C16H18N8O2. The Morgan fingerprint density at radius 2 is 1.35 bits per heavy atom. The zero-order valence-electron chi connectivity index (χ0n) is 14.0. The van der Waals surface area contributed by atoms with Crippen molar-refractivity contribution in [2.75, 3.05) is 13.1 Å². The standard InChI is InChI=1S/C12H10N4O2.C4H8N4/c17-11-9-3-1-2-4-10(9)12(18)16(11)8-7-15-6-5-13-14-15;5-1-3-8-4-2-6-7-8/h1-6H,7-8H2;2,4H,1,3,5H2. The van der Waals surface area contributed by atoms with E-state index in [0.717, 1.165) is 6.54 Å². The lowest BCUT2D eigenvalue weighted by Crippen LogP contribution is -2.33. The summed E-state index contributed by atoms with van der Waals surface area (Å²) in [6.07, 6.45) is 6.67. The molecule has 134 valence electrons. The molecule has 1 aromatic carbocycles. The predicted molar refractivity (Wildman–Crippen MR) is 90.9 cm³/mol. The molecule has 0 unspecified atom stereocenters. The first-order valence-electron chi connectivity index (χ1n) is 8.04. The summed E-state index contributed by atoms with van der Waals surface area (Å²) in [5, 5.41) is 14.8. The van der Waals surface area contributed by atoms with E-state index >= 15 is 0 Å². The molecule has 3 aromatic rings. The normalized spacial score (nSPS) is 12.7. The van der Waals surface area contributed by atoms with E-state index < -0.39 is 0 Å². The van der Waals surface area contributed by atoms with E-state index in [9.17, 15) is 9.59 Å². The third-order valence-electron chi connectivity index (χ3n) is 3.73. The molecule has 3 heterocycles. The fourth-order valence-corrected chi connectivity index (χ4v) is 2.48. The molecule has 0 radical (unpaired) electrons. The second-order valence-electron chi connectivity index (χ2n) is 5.43. The van der Waals surface area contributed by atoms with Gasteiger partial charge in [0, 0.05) is 25.5 Å². The van der Waals surface area contributed by atoms with Crippen LogP contribution in [0.2, 0.25) is 0 Å². The van der Waals surface area contributed by atoms with Crippen molar-refractivity contribution in [3.8, 4) is 0 Å².